The van der Waals surface area contributed by atoms with Crippen LogP contribution in [0.1, 0.15) is 34.1 Å². The summed E-state index contributed by atoms with van der Waals surface area (Å²) in [5.74, 6) is -1.78. The van der Waals surface area contributed by atoms with Crippen LogP contribution in [0.3, 0.4) is 0 Å². The minimum atomic E-state index is -0.693. The monoisotopic (exact) mass is 302 g/mol. The molecule has 0 fully saturated rings. The summed E-state index contributed by atoms with van der Waals surface area (Å²) in [4.78, 5) is 23.3. The Morgan fingerprint density at radius 3 is 2.71 bits per heavy atom. The number of hydrogen-bond donors (Lipinski definition) is 0. The molecule has 0 heterocycles. The van der Waals surface area contributed by atoms with Crippen molar-refractivity contribution >= 4 is 27.7 Å². The number of carbonyl (C=O) groups is 2. The molecule has 5 heteroatoms. The van der Waals surface area contributed by atoms with Crippen LogP contribution in [0.4, 0.5) is 4.39 Å². The van der Waals surface area contributed by atoms with Crippen LogP contribution < -0.4 is 0 Å². The number of Topliss-reactive ketones (excluding diaryl/α,β-unsaturated/α-hetero) is 1. The Labute approximate surface area is 107 Å². The molecular formula is C12H12BrFO3. The van der Waals surface area contributed by atoms with Gasteiger partial charge in [-0.1, -0.05) is 22.0 Å². The van der Waals surface area contributed by atoms with E-state index in [0.29, 0.717) is 5.33 Å². The van der Waals surface area contributed by atoms with E-state index in [2.05, 4.69) is 15.9 Å². The highest BCUT2D eigenvalue weighted by atomic mass is 79.9. The third-order valence-corrected chi connectivity index (χ3v) is 2.51. The van der Waals surface area contributed by atoms with Crippen LogP contribution in [0.2, 0.25) is 0 Å². The van der Waals surface area contributed by atoms with Crippen LogP contribution >= 0.6 is 15.9 Å². The lowest BCUT2D eigenvalue weighted by molar-refractivity contribution is 0.0522. The molecule has 0 amide bonds. The van der Waals surface area contributed by atoms with Crippen LogP contribution in [-0.4, -0.2) is 23.7 Å². The fraction of sp³-hybridized carbons (Fsp3) is 0.333. The van der Waals surface area contributed by atoms with Crippen molar-refractivity contribution in [3.8, 4) is 0 Å². The van der Waals surface area contributed by atoms with E-state index < -0.39 is 17.6 Å². The molecule has 0 aromatic heterocycles. The van der Waals surface area contributed by atoms with Gasteiger partial charge < -0.3 is 4.74 Å². The van der Waals surface area contributed by atoms with Gasteiger partial charge in [-0.05, 0) is 19.1 Å². The normalized spacial score (nSPS) is 10.1. The Hall–Kier alpha value is -1.23. The predicted octanol–water partition coefficient (Wildman–Crippen LogP) is 2.97. The first-order chi connectivity index (χ1) is 8.11. The molecule has 0 N–H and O–H groups in total. The summed E-state index contributed by atoms with van der Waals surface area (Å²) in [5, 5.41) is 0.419. The van der Waals surface area contributed by atoms with Crippen LogP contribution in [0.15, 0.2) is 18.2 Å². The second-order valence-electron chi connectivity index (χ2n) is 3.25. The molecule has 0 saturated heterocycles. The highest BCUT2D eigenvalue weighted by molar-refractivity contribution is 9.09. The molecule has 0 bridgehead atoms. The third kappa shape index (κ3) is 3.36. The molecule has 0 aliphatic heterocycles. The Balaban J connectivity index is 3.17. The molecule has 0 unspecified atom stereocenters. The molecule has 3 nitrogen and oxygen atoms in total. The molecule has 0 saturated carbocycles. The molecule has 0 aliphatic rings. The van der Waals surface area contributed by atoms with Gasteiger partial charge in [-0.2, -0.15) is 0 Å². The number of rotatable bonds is 5. The maximum Gasteiger partial charge on any atom is 0.338 e. The van der Waals surface area contributed by atoms with Gasteiger partial charge in [-0.25, -0.2) is 9.18 Å². The average Bonchev–Trinajstić information content (AvgIpc) is 2.29. The highest BCUT2D eigenvalue weighted by Gasteiger charge is 2.21. The van der Waals surface area contributed by atoms with Gasteiger partial charge in [0.05, 0.1) is 17.7 Å². The number of hydrogen-bond acceptors (Lipinski definition) is 3. The smallest absolute Gasteiger partial charge is 0.338 e. The first-order valence-corrected chi connectivity index (χ1v) is 6.28. The van der Waals surface area contributed by atoms with E-state index in [1.54, 1.807) is 6.92 Å². The number of esters is 1. The van der Waals surface area contributed by atoms with Crippen molar-refractivity contribution in [3.05, 3.63) is 35.1 Å². The summed E-state index contributed by atoms with van der Waals surface area (Å²) in [6.07, 6.45) is 0.132. The van der Waals surface area contributed by atoms with Crippen LogP contribution in [0.25, 0.3) is 0 Å². The Kier molecular flexibility index (Phi) is 5.28. The largest absolute Gasteiger partial charge is 0.462 e. The number of alkyl halides is 1. The fourth-order valence-electron chi connectivity index (χ4n) is 1.40. The lowest BCUT2D eigenvalue weighted by Crippen LogP contribution is -2.14. The highest BCUT2D eigenvalue weighted by Crippen LogP contribution is 2.17. The number of benzene rings is 1. The summed E-state index contributed by atoms with van der Waals surface area (Å²) in [6.45, 7) is 1.83. The van der Waals surface area contributed by atoms with Crippen molar-refractivity contribution in [2.24, 2.45) is 0 Å². The molecule has 0 spiro atoms. The zero-order chi connectivity index (χ0) is 12.8. The van der Waals surface area contributed by atoms with Gasteiger partial charge in [0.15, 0.2) is 5.78 Å². The lowest BCUT2D eigenvalue weighted by Gasteiger charge is -2.08. The van der Waals surface area contributed by atoms with E-state index in [1.165, 1.54) is 12.1 Å². The second kappa shape index (κ2) is 6.49. The van der Waals surface area contributed by atoms with Gasteiger partial charge in [0.2, 0.25) is 0 Å². The zero-order valence-electron chi connectivity index (χ0n) is 9.33. The molecule has 92 valence electrons. The first kappa shape index (κ1) is 13.8. The number of carbonyl (C=O) groups excluding carboxylic acids is 2. The van der Waals surface area contributed by atoms with Crippen molar-refractivity contribution in [3.63, 3.8) is 0 Å². The zero-order valence-corrected chi connectivity index (χ0v) is 10.9. The molecule has 0 radical (unpaired) electrons. The van der Waals surface area contributed by atoms with Gasteiger partial charge >= 0.3 is 5.97 Å². The van der Waals surface area contributed by atoms with E-state index in [0.717, 1.165) is 6.07 Å². The fourth-order valence-corrected chi connectivity index (χ4v) is 1.76. The average molecular weight is 303 g/mol. The van der Waals surface area contributed by atoms with Gasteiger partial charge in [-0.15, -0.1) is 0 Å². The Bertz CT molecular complexity index is 432. The topological polar surface area (TPSA) is 43.4 Å². The molecule has 0 aliphatic carbocycles. The quantitative estimate of drug-likeness (QED) is 0.477. The minimum absolute atomic E-state index is 0.0159. The third-order valence-electron chi connectivity index (χ3n) is 2.11. The Morgan fingerprint density at radius 1 is 1.41 bits per heavy atom. The predicted molar refractivity (Wildman–Crippen MR) is 65.1 cm³/mol. The van der Waals surface area contributed by atoms with E-state index >= 15 is 0 Å². The maximum absolute atomic E-state index is 13.6. The Morgan fingerprint density at radius 2 is 2.12 bits per heavy atom. The maximum atomic E-state index is 13.6. The lowest BCUT2D eigenvalue weighted by atomic mass is 10.0. The SMILES string of the molecule is CCOC(=O)c1cccc(F)c1C(=O)CCBr. The van der Waals surface area contributed by atoms with Crippen LogP contribution in [0, 0.1) is 5.82 Å². The molecular weight excluding hydrogens is 291 g/mol. The molecule has 1 rings (SSSR count). The van der Waals surface area contributed by atoms with Gasteiger partial charge in [0.25, 0.3) is 0 Å². The van der Waals surface area contributed by atoms with E-state index in [9.17, 15) is 14.0 Å². The van der Waals surface area contributed by atoms with E-state index in [-0.39, 0.29) is 24.2 Å². The summed E-state index contributed by atoms with van der Waals surface area (Å²) in [7, 11) is 0. The van der Waals surface area contributed by atoms with Crippen molar-refractivity contribution in [2.75, 3.05) is 11.9 Å². The van der Waals surface area contributed by atoms with Gasteiger partial charge in [0.1, 0.15) is 5.82 Å². The summed E-state index contributed by atoms with van der Waals surface area (Å²) >= 11 is 3.10. The molecule has 1 aromatic carbocycles. The molecule has 1 aromatic rings. The van der Waals surface area contributed by atoms with Crippen LogP contribution in [0.5, 0.6) is 0 Å². The summed E-state index contributed by atoms with van der Waals surface area (Å²) in [5.41, 5.74) is -0.205. The summed E-state index contributed by atoms with van der Waals surface area (Å²) in [6, 6.07) is 3.93. The standard InChI is InChI=1S/C12H12BrFO3/c1-2-17-12(16)8-4-3-5-9(14)11(8)10(15)6-7-13/h3-5H,2,6-7H2,1H3. The van der Waals surface area contributed by atoms with Crippen molar-refractivity contribution in [1.82, 2.24) is 0 Å². The van der Waals surface area contributed by atoms with Crippen molar-refractivity contribution < 1.29 is 18.7 Å². The van der Waals surface area contributed by atoms with E-state index in [4.69, 9.17) is 4.74 Å². The first-order valence-electron chi connectivity index (χ1n) is 5.16. The number of ketones is 1. The van der Waals surface area contributed by atoms with Crippen LogP contribution in [-0.2, 0) is 4.74 Å². The second-order valence-corrected chi connectivity index (χ2v) is 4.04. The van der Waals surface area contributed by atoms with Gasteiger partial charge in [-0.3, -0.25) is 4.79 Å². The van der Waals surface area contributed by atoms with Crippen molar-refractivity contribution in [2.45, 2.75) is 13.3 Å². The van der Waals surface area contributed by atoms with Gasteiger partial charge in [0, 0.05) is 11.8 Å². The summed E-state index contributed by atoms with van der Waals surface area (Å²) < 4.78 is 18.4. The number of halogens is 2. The minimum Gasteiger partial charge on any atom is -0.462 e. The molecule has 0 atom stereocenters. The number of ether oxygens (including phenoxy) is 1. The molecule has 17 heavy (non-hydrogen) atoms. The van der Waals surface area contributed by atoms with Crippen molar-refractivity contribution in [1.29, 1.82) is 0 Å². The van der Waals surface area contributed by atoms with E-state index in [1.807, 2.05) is 0 Å².